The van der Waals surface area contributed by atoms with Gasteiger partial charge in [-0.1, -0.05) is 36.4 Å². The summed E-state index contributed by atoms with van der Waals surface area (Å²) in [7, 11) is 0. The molecule has 3 aliphatic rings. The van der Waals surface area contributed by atoms with Crippen LogP contribution in [0.5, 0.6) is 0 Å². The Morgan fingerprint density at radius 1 is 0.842 bits per heavy atom. The number of ketones is 1. The average molecular weight is 588 g/mol. The van der Waals surface area contributed by atoms with Crippen molar-refractivity contribution < 1.29 is 49.0 Å². The van der Waals surface area contributed by atoms with Crippen LogP contribution in [0.4, 0.5) is 13.2 Å². The lowest BCUT2D eigenvalue weighted by molar-refractivity contribution is -0.939. The van der Waals surface area contributed by atoms with Crippen LogP contribution in [0.25, 0.3) is 0 Å². The van der Waals surface area contributed by atoms with Crippen LogP contribution in [0.2, 0.25) is 0 Å². The standard InChI is InChI=1S/C30H29F3NO3.BrH/c31-25-7-1-4-21(14-25)28(35)19-34-12-10-20(11-13-34)24(18-34)17-29(36)37-30(22-5-2-8-26(32)15-22)23-6-3-9-27(33)16-23;/h1-9,14-16,20,24,30H,10-13,17-19H2;1H/q+1;/p-1/t20?,24-,34?;/m0./s1. The van der Waals surface area contributed by atoms with Crippen molar-refractivity contribution in [3.05, 3.63) is 107 Å². The molecule has 3 aromatic carbocycles. The van der Waals surface area contributed by atoms with Gasteiger partial charge in [-0.2, -0.15) is 0 Å². The van der Waals surface area contributed by atoms with Crippen LogP contribution in [-0.4, -0.2) is 42.4 Å². The number of piperidine rings is 3. The number of quaternary nitrogens is 1. The molecule has 200 valence electrons. The summed E-state index contributed by atoms with van der Waals surface area (Å²) in [5.74, 6) is -1.52. The molecule has 8 heteroatoms. The number of hydrogen-bond donors (Lipinski definition) is 0. The molecule has 0 spiro atoms. The highest BCUT2D eigenvalue weighted by molar-refractivity contribution is 5.97. The predicted molar refractivity (Wildman–Crippen MR) is 132 cm³/mol. The molecule has 0 N–H and O–H groups in total. The molecule has 4 nitrogen and oxygen atoms in total. The Kier molecular flexibility index (Phi) is 8.73. The van der Waals surface area contributed by atoms with E-state index in [9.17, 15) is 22.8 Å². The molecule has 3 fully saturated rings. The molecule has 1 atom stereocenters. The summed E-state index contributed by atoms with van der Waals surface area (Å²) in [6.45, 7) is 2.65. The van der Waals surface area contributed by atoms with Gasteiger partial charge in [-0.3, -0.25) is 9.59 Å². The minimum atomic E-state index is -0.933. The number of fused-ring (bicyclic) bond motifs is 3. The van der Waals surface area contributed by atoms with Gasteiger partial charge in [0, 0.05) is 24.3 Å². The normalized spacial score (nSPS) is 22.1. The first kappa shape index (κ1) is 28.0. The first-order valence-electron chi connectivity index (χ1n) is 12.6. The predicted octanol–water partition coefficient (Wildman–Crippen LogP) is 2.87. The van der Waals surface area contributed by atoms with Gasteiger partial charge in [-0.05, 0) is 53.4 Å². The van der Waals surface area contributed by atoms with Crippen LogP contribution < -0.4 is 17.0 Å². The molecule has 0 aromatic heterocycles. The molecule has 2 bridgehead atoms. The van der Waals surface area contributed by atoms with Crippen LogP contribution in [0.15, 0.2) is 72.8 Å². The molecule has 0 radical (unpaired) electrons. The van der Waals surface area contributed by atoms with Crippen molar-refractivity contribution in [2.45, 2.75) is 25.4 Å². The largest absolute Gasteiger partial charge is 1.00 e. The summed E-state index contributed by atoms with van der Waals surface area (Å²) in [6.07, 6.45) is 1.05. The highest BCUT2D eigenvalue weighted by atomic mass is 79.9. The van der Waals surface area contributed by atoms with E-state index >= 15 is 0 Å². The fraction of sp³-hybridized carbons (Fsp3) is 0.333. The minimum Gasteiger partial charge on any atom is -1.00 e. The third-order valence-electron chi connectivity index (χ3n) is 7.84. The monoisotopic (exact) mass is 587 g/mol. The molecule has 38 heavy (non-hydrogen) atoms. The van der Waals surface area contributed by atoms with Gasteiger partial charge >= 0.3 is 5.97 Å². The Morgan fingerprint density at radius 3 is 1.95 bits per heavy atom. The number of carbonyl (C=O) groups excluding carboxylic acids is 2. The highest BCUT2D eigenvalue weighted by Crippen LogP contribution is 2.40. The number of hydrogen-bond acceptors (Lipinski definition) is 3. The molecular formula is C30H29BrF3NO3. The molecule has 0 saturated carbocycles. The van der Waals surface area contributed by atoms with Crippen molar-refractivity contribution in [3.8, 4) is 0 Å². The number of carbonyl (C=O) groups is 2. The second kappa shape index (κ2) is 11.8. The summed E-state index contributed by atoms with van der Waals surface area (Å²) >= 11 is 0. The van der Waals surface area contributed by atoms with Crippen LogP contribution in [0.3, 0.4) is 0 Å². The van der Waals surface area contributed by atoms with Crippen molar-refractivity contribution in [1.82, 2.24) is 0 Å². The number of benzene rings is 3. The van der Waals surface area contributed by atoms with Gasteiger partial charge in [-0.25, -0.2) is 13.2 Å². The second-order valence-corrected chi connectivity index (χ2v) is 10.3. The fourth-order valence-corrected chi connectivity index (χ4v) is 6.01. The topological polar surface area (TPSA) is 43.4 Å². The number of halogens is 4. The quantitative estimate of drug-likeness (QED) is 0.231. The summed E-state index contributed by atoms with van der Waals surface area (Å²) < 4.78 is 48.0. The Balaban J connectivity index is 0.00000336. The molecule has 3 heterocycles. The van der Waals surface area contributed by atoms with Gasteiger partial charge in [0.15, 0.2) is 6.10 Å². The van der Waals surface area contributed by atoms with E-state index in [4.69, 9.17) is 4.74 Å². The minimum absolute atomic E-state index is 0. The number of rotatable bonds is 8. The first-order valence-corrected chi connectivity index (χ1v) is 12.6. The molecule has 3 aliphatic heterocycles. The third-order valence-corrected chi connectivity index (χ3v) is 7.84. The lowest BCUT2D eigenvalue weighted by Gasteiger charge is -2.52. The molecule has 3 aromatic rings. The van der Waals surface area contributed by atoms with Crippen LogP contribution in [0.1, 0.15) is 46.9 Å². The van der Waals surface area contributed by atoms with Crippen LogP contribution in [0, 0.1) is 29.3 Å². The van der Waals surface area contributed by atoms with Crippen LogP contribution >= 0.6 is 0 Å². The SMILES string of the molecule is O=C(C[C@H]1C[N+]2(CC(=O)c3cccc(F)c3)CCC1CC2)OC(c1cccc(F)c1)c1cccc(F)c1.[Br-]. The van der Waals surface area contributed by atoms with Crippen molar-refractivity contribution in [2.24, 2.45) is 11.8 Å². The molecule has 0 unspecified atom stereocenters. The second-order valence-electron chi connectivity index (χ2n) is 10.3. The van der Waals surface area contributed by atoms with Gasteiger partial charge in [-0.15, -0.1) is 0 Å². The van der Waals surface area contributed by atoms with Crippen molar-refractivity contribution in [1.29, 1.82) is 0 Å². The molecule has 0 aliphatic carbocycles. The van der Waals surface area contributed by atoms with E-state index in [0.717, 1.165) is 25.9 Å². The Hall–Kier alpha value is -2.97. The number of nitrogens with zero attached hydrogens (tertiary/aromatic N) is 1. The van der Waals surface area contributed by atoms with E-state index < -0.39 is 29.5 Å². The Bertz CT molecular complexity index is 1260. The average Bonchev–Trinajstić information content (AvgIpc) is 2.88. The first-order chi connectivity index (χ1) is 17.8. The zero-order valence-corrected chi connectivity index (χ0v) is 22.4. The molecular weight excluding hydrogens is 559 g/mol. The zero-order chi connectivity index (χ0) is 26.0. The smallest absolute Gasteiger partial charge is 0.307 e. The lowest BCUT2D eigenvalue weighted by Crippen LogP contribution is -3.00. The zero-order valence-electron chi connectivity index (χ0n) is 20.8. The Labute approximate surface area is 230 Å². The fourth-order valence-electron chi connectivity index (χ4n) is 6.01. The third kappa shape index (κ3) is 6.35. The lowest BCUT2D eigenvalue weighted by atomic mass is 9.75. The molecule has 3 saturated heterocycles. The summed E-state index contributed by atoms with van der Waals surface area (Å²) in [5, 5.41) is 0. The maximum atomic E-state index is 14.0. The summed E-state index contributed by atoms with van der Waals surface area (Å²) in [5.41, 5.74) is 1.22. The summed E-state index contributed by atoms with van der Waals surface area (Å²) in [6, 6.07) is 17.3. The van der Waals surface area contributed by atoms with Gasteiger partial charge in [0.2, 0.25) is 5.78 Å². The van der Waals surface area contributed by atoms with Crippen molar-refractivity contribution in [3.63, 3.8) is 0 Å². The maximum Gasteiger partial charge on any atom is 0.307 e. The number of ether oxygens (including phenoxy) is 1. The molecule has 0 amide bonds. The maximum absolute atomic E-state index is 14.0. The van der Waals surface area contributed by atoms with E-state index in [2.05, 4.69) is 0 Å². The van der Waals surface area contributed by atoms with Crippen molar-refractivity contribution >= 4 is 11.8 Å². The van der Waals surface area contributed by atoms with E-state index in [1.807, 2.05) is 0 Å². The van der Waals surface area contributed by atoms with Gasteiger partial charge in [0.25, 0.3) is 0 Å². The van der Waals surface area contributed by atoms with Gasteiger partial charge < -0.3 is 26.2 Å². The van der Waals surface area contributed by atoms with Gasteiger partial charge in [0.1, 0.15) is 24.0 Å². The van der Waals surface area contributed by atoms with E-state index in [-0.39, 0.29) is 41.6 Å². The number of esters is 1. The van der Waals surface area contributed by atoms with E-state index in [1.165, 1.54) is 54.6 Å². The van der Waals surface area contributed by atoms with E-state index in [1.54, 1.807) is 18.2 Å². The number of Topliss-reactive ketones (excluding diaryl/α,β-unsaturated/α-hetero) is 1. The summed E-state index contributed by atoms with van der Waals surface area (Å²) in [4.78, 5) is 26.1. The Morgan fingerprint density at radius 2 is 1.39 bits per heavy atom. The van der Waals surface area contributed by atoms with Gasteiger partial charge in [0.05, 0.1) is 26.1 Å². The van der Waals surface area contributed by atoms with E-state index in [0.29, 0.717) is 33.6 Å². The van der Waals surface area contributed by atoms with Crippen LogP contribution in [-0.2, 0) is 9.53 Å². The molecule has 6 rings (SSSR count). The highest BCUT2D eigenvalue weighted by Gasteiger charge is 2.47. The van der Waals surface area contributed by atoms with Crippen molar-refractivity contribution in [2.75, 3.05) is 26.2 Å².